The number of rotatable bonds is 5. The molecule has 0 aromatic carbocycles. The van der Waals surface area contributed by atoms with Crippen molar-refractivity contribution in [1.82, 2.24) is 15.0 Å². The number of carboxylic acids is 1. The summed E-state index contributed by atoms with van der Waals surface area (Å²) in [7, 11) is 0. The second kappa shape index (κ2) is 6.53. The number of hydrogen-bond donors (Lipinski definition) is 1. The van der Waals surface area contributed by atoms with Gasteiger partial charge < -0.3 is 5.11 Å². The Kier molecular flexibility index (Phi) is 4.95. The summed E-state index contributed by atoms with van der Waals surface area (Å²) < 4.78 is 0. The van der Waals surface area contributed by atoms with Crippen molar-refractivity contribution in [3.05, 3.63) is 33.2 Å². The molecule has 0 saturated heterocycles. The summed E-state index contributed by atoms with van der Waals surface area (Å²) in [6, 6.07) is 0. The molecule has 2 aromatic heterocycles. The standard InChI is InChI=1S/C14H17N3O2S2/c1-7(2)12-17-10(5-20-12)6-21-13-11(14(18)19)8(3)15-9(4)16-13/h5,7H,6H2,1-4H3,(H,18,19). The summed E-state index contributed by atoms with van der Waals surface area (Å²) in [4.78, 5) is 24.3. The minimum absolute atomic E-state index is 0.185. The number of nitrogens with zero attached hydrogens (tertiary/aromatic N) is 3. The Morgan fingerprint density at radius 1 is 1.33 bits per heavy atom. The van der Waals surface area contributed by atoms with E-state index >= 15 is 0 Å². The van der Waals surface area contributed by atoms with Gasteiger partial charge in [0.2, 0.25) is 0 Å². The molecule has 0 unspecified atom stereocenters. The quantitative estimate of drug-likeness (QED) is 0.668. The Balaban J connectivity index is 2.21. The third-order valence-electron chi connectivity index (χ3n) is 2.80. The molecule has 0 aliphatic rings. The van der Waals surface area contributed by atoms with Crippen LogP contribution in [0.5, 0.6) is 0 Å². The van der Waals surface area contributed by atoms with Crippen LogP contribution in [-0.4, -0.2) is 26.0 Å². The number of thioether (sulfide) groups is 1. The lowest BCUT2D eigenvalue weighted by atomic mass is 10.2. The second-order valence-corrected chi connectivity index (χ2v) is 6.82. The average molecular weight is 323 g/mol. The molecule has 0 radical (unpaired) electrons. The van der Waals surface area contributed by atoms with Crippen molar-refractivity contribution in [3.8, 4) is 0 Å². The topological polar surface area (TPSA) is 76.0 Å². The SMILES string of the molecule is Cc1nc(C)c(C(=O)O)c(SCc2csc(C(C)C)n2)n1. The van der Waals surface area contributed by atoms with Crippen molar-refractivity contribution in [3.63, 3.8) is 0 Å². The fraction of sp³-hybridized carbons (Fsp3) is 0.429. The van der Waals surface area contributed by atoms with Crippen LogP contribution in [0.15, 0.2) is 10.4 Å². The van der Waals surface area contributed by atoms with Crippen LogP contribution in [0.3, 0.4) is 0 Å². The number of aryl methyl sites for hydroxylation is 2. The van der Waals surface area contributed by atoms with Gasteiger partial charge in [-0.3, -0.25) is 0 Å². The molecule has 7 heteroatoms. The highest BCUT2D eigenvalue weighted by atomic mass is 32.2. The predicted molar refractivity (Wildman–Crippen MR) is 84.2 cm³/mol. The summed E-state index contributed by atoms with van der Waals surface area (Å²) in [5.74, 6) is 0.614. The average Bonchev–Trinajstić information content (AvgIpc) is 2.83. The maximum atomic E-state index is 11.4. The summed E-state index contributed by atoms with van der Waals surface area (Å²) in [6.07, 6.45) is 0. The molecule has 1 N–H and O–H groups in total. The third kappa shape index (κ3) is 3.79. The van der Waals surface area contributed by atoms with E-state index in [-0.39, 0.29) is 5.56 Å². The molecule has 0 atom stereocenters. The van der Waals surface area contributed by atoms with Gasteiger partial charge in [-0.1, -0.05) is 25.6 Å². The van der Waals surface area contributed by atoms with Crippen LogP contribution in [0.25, 0.3) is 0 Å². The largest absolute Gasteiger partial charge is 0.478 e. The highest BCUT2D eigenvalue weighted by Gasteiger charge is 2.18. The van der Waals surface area contributed by atoms with E-state index in [4.69, 9.17) is 0 Å². The molecular weight excluding hydrogens is 306 g/mol. The van der Waals surface area contributed by atoms with Crippen LogP contribution in [-0.2, 0) is 5.75 Å². The monoisotopic (exact) mass is 323 g/mol. The lowest BCUT2D eigenvalue weighted by Gasteiger charge is -2.07. The van der Waals surface area contributed by atoms with Crippen LogP contribution in [0, 0.1) is 13.8 Å². The molecule has 0 saturated carbocycles. The van der Waals surface area contributed by atoms with E-state index in [1.807, 2.05) is 5.38 Å². The Morgan fingerprint density at radius 3 is 2.62 bits per heavy atom. The first-order valence-electron chi connectivity index (χ1n) is 6.54. The van der Waals surface area contributed by atoms with Crippen LogP contribution >= 0.6 is 23.1 Å². The Morgan fingerprint density at radius 2 is 2.05 bits per heavy atom. The highest BCUT2D eigenvalue weighted by Crippen LogP contribution is 2.28. The molecule has 0 spiro atoms. The molecule has 21 heavy (non-hydrogen) atoms. The number of aromatic nitrogens is 3. The Bertz CT molecular complexity index is 668. The van der Waals surface area contributed by atoms with Crippen LogP contribution in [0.1, 0.15) is 52.3 Å². The zero-order valence-electron chi connectivity index (χ0n) is 12.4. The Hall–Kier alpha value is -1.47. The molecule has 2 aromatic rings. The number of thiazole rings is 1. The van der Waals surface area contributed by atoms with Gasteiger partial charge in [-0.25, -0.2) is 19.7 Å². The van der Waals surface area contributed by atoms with Crippen LogP contribution in [0.4, 0.5) is 0 Å². The van der Waals surface area contributed by atoms with Gasteiger partial charge in [0.25, 0.3) is 0 Å². The number of carbonyl (C=O) groups is 1. The lowest BCUT2D eigenvalue weighted by molar-refractivity contribution is 0.0690. The molecule has 5 nitrogen and oxygen atoms in total. The minimum Gasteiger partial charge on any atom is -0.478 e. The molecule has 0 aliphatic carbocycles. The minimum atomic E-state index is -0.990. The maximum Gasteiger partial charge on any atom is 0.340 e. The van der Waals surface area contributed by atoms with Crippen LogP contribution < -0.4 is 0 Å². The van der Waals surface area contributed by atoms with E-state index in [0.29, 0.717) is 28.2 Å². The second-order valence-electron chi connectivity index (χ2n) is 4.96. The molecule has 0 amide bonds. The first-order valence-corrected chi connectivity index (χ1v) is 8.40. The normalized spacial score (nSPS) is 11.1. The fourth-order valence-electron chi connectivity index (χ4n) is 1.83. The summed E-state index contributed by atoms with van der Waals surface area (Å²) >= 11 is 3.03. The van der Waals surface area contributed by atoms with Gasteiger partial charge in [0.15, 0.2) is 0 Å². The van der Waals surface area contributed by atoms with Crippen molar-refractivity contribution in [2.75, 3.05) is 0 Å². The van der Waals surface area contributed by atoms with E-state index in [0.717, 1.165) is 10.7 Å². The smallest absolute Gasteiger partial charge is 0.340 e. The molecule has 2 heterocycles. The molecule has 0 fully saturated rings. The van der Waals surface area contributed by atoms with Gasteiger partial charge in [-0.2, -0.15) is 0 Å². The van der Waals surface area contributed by atoms with E-state index in [1.165, 1.54) is 11.8 Å². The molecular formula is C14H17N3O2S2. The zero-order valence-corrected chi connectivity index (χ0v) is 14.0. The van der Waals surface area contributed by atoms with Gasteiger partial charge in [-0.15, -0.1) is 11.3 Å². The van der Waals surface area contributed by atoms with Crippen molar-refractivity contribution >= 4 is 29.1 Å². The van der Waals surface area contributed by atoms with Gasteiger partial charge in [0.1, 0.15) is 16.4 Å². The lowest BCUT2D eigenvalue weighted by Crippen LogP contribution is -2.08. The van der Waals surface area contributed by atoms with Gasteiger partial charge in [0.05, 0.1) is 16.4 Å². The summed E-state index contributed by atoms with van der Waals surface area (Å²) in [6.45, 7) is 7.68. The Labute approximate surface area is 131 Å². The molecule has 0 aliphatic heterocycles. The molecule has 2 rings (SSSR count). The van der Waals surface area contributed by atoms with Crippen molar-refractivity contribution in [2.45, 2.75) is 44.4 Å². The van der Waals surface area contributed by atoms with Gasteiger partial charge >= 0.3 is 5.97 Å². The summed E-state index contributed by atoms with van der Waals surface area (Å²) in [5.41, 5.74) is 1.64. The number of hydrogen-bond acceptors (Lipinski definition) is 6. The van der Waals surface area contributed by atoms with E-state index in [1.54, 1.807) is 25.2 Å². The molecule has 112 valence electrons. The van der Waals surface area contributed by atoms with Crippen molar-refractivity contribution in [1.29, 1.82) is 0 Å². The summed E-state index contributed by atoms with van der Waals surface area (Å²) in [5, 5.41) is 12.9. The van der Waals surface area contributed by atoms with Gasteiger partial charge in [0, 0.05) is 17.1 Å². The van der Waals surface area contributed by atoms with E-state index in [9.17, 15) is 9.90 Å². The predicted octanol–water partition coefficient (Wildman–Crippen LogP) is 3.66. The fourth-order valence-corrected chi connectivity index (χ4v) is 3.78. The zero-order chi connectivity index (χ0) is 15.6. The first-order chi connectivity index (χ1) is 9.88. The van der Waals surface area contributed by atoms with E-state index < -0.39 is 5.97 Å². The van der Waals surface area contributed by atoms with Crippen molar-refractivity contribution < 1.29 is 9.90 Å². The molecule has 0 bridgehead atoms. The third-order valence-corrected chi connectivity index (χ3v) is 5.01. The maximum absolute atomic E-state index is 11.4. The first kappa shape index (κ1) is 15.9. The number of aromatic carboxylic acids is 1. The highest BCUT2D eigenvalue weighted by molar-refractivity contribution is 7.98. The van der Waals surface area contributed by atoms with Crippen LogP contribution in [0.2, 0.25) is 0 Å². The van der Waals surface area contributed by atoms with Crippen molar-refractivity contribution in [2.24, 2.45) is 0 Å². The van der Waals surface area contributed by atoms with E-state index in [2.05, 4.69) is 28.8 Å². The van der Waals surface area contributed by atoms with Gasteiger partial charge in [-0.05, 0) is 13.8 Å². The number of carboxylic acid groups (broad SMARTS) is 1.